The lowest BCUT2D eigenvalue weighted by atomic mass is 10.1. The van der Waals surface area contributed by atoms with Crippen LogP contribution in [-0.4, -0.2) is 24.1 Å². The van der Waals surface area contributed by atoms with Crippen molar-refractivity contribution in [2.45, 2.75) is 6.92 Å². The lowest BCUT2D eigenvalue weighted by Crippen LogP contribution is -2.01. The van der Waals surface area contributed by atoms with Gasteiger partial charge in [0.15, 0.2) is 5.75 Å². The topological polar surface area (TPSA) is 74.5 Å². The SMILES string of the molecule is COc1c(OC)c([N+](=O)[O-])c2c(C)nccc2c1Br. The molecule has 1 heterocycles. The van der Waals surface area contributed by atoms with Crippen molar-refractivity contribution in [1.82, 2.24) is 4.98 Å². The molecule has 1 aromatic carbocycles. The zero-order valence-electron chi connectivity index (χ0n) is 10.6. The third-order valence-electron chi connectivity index (χ3n) is 2.83. The number of rotatable bonds is 3. The fraction of sp³-hybridized carbons (Fsp3) is 0.250. The Morgan fingerprint density at radius 1 is 1.32 bits per heavy atom. The second kappa shape index (κ2) is 5.00. The number of hydrogen-bond acceptors (Lipinski definition) is 5. The second-order valence-corrected chi connectivity index (χ2v) is 4.60. The van der Waals surface area contributed by atoms with Crippen LogP contribution in [-0.2, 0) is 0 Å². The summed E-state index contributed by atoms with van der Waals surface area (Å²) in [5.41, 5.74) is 0.425. The summed E-state index contributed by atoms with van der Waals surface area (Å²) in [6, 6.07) is 1.70. The van der Waals surface area contributed by atoms with Gasteiger partial charge in [-0.1, -0.05) is 0 Å². The van der Waals surface area contributed by atoms with E-state index in [4.69, 9.17) is 9.47 Å². The summed E-state index contributed by atoms with van der Waals surface area (Å²) in [5, 5.41) is 12.5. The number of nitro benzene ring substituents is 1. The molecule has 7 heteroatoms. The fourth-order valence-electron chi connectivity index (χ4n) is 2.04. The highest BCUT2D eigenvalue weighted by Crippen LogP contribution is 2.49. The molecule has 0 fully saturated rings. The monoisotopic (exact) mass is 326 g/mol. The minimum Gasteiger partial charge on any atom is -0.491 e. The van der Waals surface area contributed by atoms with Gasteiger partial charge in [0, 0.05) is 11.6 Å². The Labute approximate surface area is 117 Å². The first kappa shape index (κ1) is 13.5. The largest absolute Gasteiger partial charge is 0.491 e. The van der Waals surface area contributed by atoms with Gasteiger partial charge in [-0.05, 0) is 28.9 Å². The van der Waals surface area contributed by atoms with Gasteiger partial charge in [0.25, 0.3) is 0 Å². The molecule has 0 atom stereocenters. The third kappa shape index (κ3) is 1.99. The molecule has 0 radical (unpaired) electrons. The van der Waals surface area contributed by atoms with Crippen molar-refractivity contribution in [1.29, 1.82) is 0 Å². The first-order valence-electron chi connectivity index (χ1n) is 5.36. The summed E-state index contributed by atoms with van der Waals surface area (Å²) < 4.78 is 11.0. The lowest BCUT2D eigenvalue weighted by molar-refractivity contribution is -0.384. The van der Waals surface area contributed by atoms with Crippen LogP contribution in [0.1, 0.15) is 5.69 Å². The predicted octanol–water partition coefficient (Wildman–Crippen LogP) is 3.23. The summed E-state index contributed by atoms with van der Waals surface area (Å²) in [7, 11) is 2.81. The highest BCUT2D eigenvalue weighted by molar-refractivity contribution is 9.10. The number of fused-ring (bicyclic) bond motifs is 1. The van der Waals surface area contributed by atoms with Gasteiger partial charge in [0.1, 0.15) is 0 Å². The maximum absolute atomic E-state index is 11.4. The predicted molar refractivity (Wildman–Crippen MR) is 73.9 cm³/mol. The molecular formula is C12H11BrN2O4. The number of hydrogen-bond donors (Lipinski definition) is 0. The quantitative estimate of drug-likeness (QED) is 0.639. The molecule has 2 rings (SSSR count). The number of benzene rings is 1. The van der Waals surface area contributed by atoms with Crippen LogP contribution in [0, 0.1) is 17.0 Å². The van der Waals surface area contributed by atoms with E-state index in [1.165, 1.54) is 14.2 Å². The van der Waals surface area contributed by atoms with Crippen LogP contribution >= 0.6 is 15.9 Å². The third-order valence-corrected chi connectivity index (χ3v) is 3.61. The summed E-state index contributed by atoms with van der Waals surface area (Å²) in [6.07, 6.45) is 1.60. The molecule has 2 aromatic rings. The van der Waals surface area contributed by atoms with Crippen molar-refractivity contribution in [3.63, 3.8) is 0 Å². The summed E-state index contributed by atoms with van der Waals surface area (Å²) in [6.45, 7) is 1.72. The number of aryl methyl sites for hydroxylation is 1. The number of methoxy groups -OCH3 is 2. The molecule has 100 valence electrons. The molecule has 0 bridgehead atoms. The molecule has 1 aromatic heterocycles. The summed E-state index contributed by atoms with van der Waals surface area (Å²) in [5.74, 6) is 0.385. The molecular weight excluding hydrogens is 316 g/mol. The molecule has 0 unspecified atom stereocenters. The Balaban J connectivity index is 3.09. The molecule has 0 amide bonds. The molecule has 19 heavy (non-hydrogen) atoms. The van der Waals surface area contributed by atoms with Crippen molar-refractivity contribution in [2.24, 2.45) is 0 Å². The van der Waals surface area contributed by atoms with E-state index >= 15 is 0 Å². The van der Waals surface area contributed by atoms with Gasteiger partial charge >= 0.3 is 5.69 Å². The van der Waals surface area contributed by atoms with Crippen LogP contribution < -0.4 is 9.47 Å². The van der Waals surface area contributed by atoms with Crippen molar-refractivity contribution >= 4 is 32.4 Å². The van der Waals surface area contributed by atoms with E-state index in [9.17, 15) is 10.1 Å². The minimum absolute atomic E-state index is 0.0861. The first-order valence-corrected chi connectivity index (χ1v) is 6.15. The average Bonchev–Trinajstić information content (AvgIpc) is 2.38. The number of nitro groups is 1. The molecule has 6 nitrogen and oxygen atoms in total. The smallest absolute Gasteiger partial charge is 0.324 e. The molecule has 0 N–H and O–H groups in total. The van der Waals surface area contributed by atoms with E-state index in [-0.39, 0.29) is 11.4 Å². The lowest BCUT2D eigenvalue weighted by Gasteiger charge is -2.13. The Morgan fingerprint density at radius 3 is 2.47 bits per heavy atom. The minimum atomic E-state index is -0.481. The van der Waals surface area contributed by atoms with Crippen LogP contribution in [0.4, 0.5) is 5.69 Å². The standard InChI is InChI=1S/C12H11BrN2O4/c1-6-8-7(4-5-14-6)9(13)11(18-2)12(19-3)10(8)15(16)17/h4-5H,1-3H3. The van der Waals surface area contributed by atoms with Gasteiger partial charge in [-0.25, -0.2) is 0 Å². The Bertz CT molecular complexity index is 673. The van der Waals surface area contributed by atoms with Crippen molar-refractivity contribution < 1.29 is 14.4 Å². The van der Waals surface area contributed by atoms with E-state index in [0.29, 0.717) is 26.7 Å². The van der Waals surface area contributed by atoms with Crippen LogP contribution in [0.25, 0.3) is 10.8 Å². The maximum Gasteiger partial charge on any atom is 0.324 e. The van der Waals surface area contributed by atoms with Crippen molar-refractivity contribution in [2.75, 3.05) is 14.2 Å². The van der Waals surface area contributed by atoms with E-state index in [2.05, 4.69) is 20.9 Å². The van der Waals surface area contributed by atoms with Gasteiger partial charge in [0.2, 0.25) is 5.75 Å². The van der Waals surface area contributed by atoms with Crippen LogP contribution in [0.3, 0.4) is 0 Å². The van der Waals surface area contributed by atoms with Gasteiger partial charge in [-0.3, -0.25) is 15.1 Å². The second-order valence-electron chi connectivity index (χ2n) is 3.81. The Morgan fingerprint density at radius 2 is 1.95 bits per heavy atom. The molecule has 0 saturated carbocycles. The van der Waals surface area contributed by atoms with Gasteiger partial charge in [0.05, 0.1) is 34.7 Å². The zero-order chi connectivity index (χ0) is 14.2. The highest BCUT2D eigenvalue weighted by Gasteiger charge is 2.29. The fourth-order valence-corrected chi connectivity index (χ4v) is 2.71. The molecule has 0 aliphatic heterocycles. The molecule has 0 aliphatic rings. The van der Waals surface area contributed by atoms with Crippen LogP contribution in [0.15, 0.2) is 16.7 Å². The summed E-state index contributed by atoms with van der Waals surface area (Å²) in [4.78, 5) is 15.0. The van der Waals surface area contributed by atoms with Crippen molar-refractivity contribution in [3.05, 3.63) is 32.5 Å². The van der Waals surface area contributed by atoms with E-state index in [0.717, 1.165) is 0 Å². The molecule has 0 spiro atoms. The first-order chi connectivity index (χ1) is 9.02. The van der Waals surface area contributed by atoms with Gasteiger partial charge in [-0.2, -0.15) is 0 Å². The number of halogens is 1. The van der Waals surface area contributed by atoms with Crippen molar-refractivity contribution in [3.8, 4) is 11.5 Å². The Kier molecular flexibility index (Phi) is 3.57. The number of ether oxygens (including phenoxy) is 2. The number of nitrogens with zero attached hydrogens (tertiary/aromatic N) is 2. The number of pyridine rings is 1. The van der Waals surface area contributed by atoms with E-state index in [1.54, 1.807) is 19.2 Å². The highest BCUT2D eigenvalue weighted by atomic mass is 79.9. The summed E-state index contributed by atoms with van der Waals surface area (Å²) >= 11 is 3.40. The average molecular weight is 327 g/mol. The normalized spacial score (nSPS) is 10.5. The number of aromatic nitrogens is 1. The maximum atomic E-state index is 11.4. The van der Waals surface area contributed by atoms with E-state index in [1.807, 2.05) is 0 Å². The van der Waals surface area contributed by atoms with Crippen LogP contribution in [0.2, 0.25) is 0 Å². The van der Waals surface area contributed by atoms with Crippen LogP contribution in [0.5, 0.6) is 11.5 Å². The Hall–Kier alpha value is -1.89. The van der Waals surface area contributed by atoms with Gasteiger partial charge < -0.3 is 9.47 Å². The molecule has 0 saturated heterocycles. The van der Waals surface area contributed by atoms with E-state index < -0.39 is 4.92 Å². The molecule has 0 aliphatic carbocycles. The zero-order valence-corrected chi connectivity index (χ0v) is 12.1. The van der Waals surface area contributed by atoms with Gasteiger partial charge in [-0.15, -0.1) is 0 Å².